The average Bonchev–Trinajstić information content (AvgIpc) is 3.04. The van der Waals surface area contributed by atoms with Crippen molar-refractivity contribution in [2.45, 2.75) is 13.8 Å². The summed E-state index contributed by atoms with van der Waals surface area (Å²) in [6.07, 6.45) is 0. The van der Waals surface area contributed by atoms with E-state index >= 15 is 0 Å². The third-order valence-electron chi connectivity index (χ3n) is 3.83. The number of carbonyl (C=O) groups is 1. The number of carbonyl (C=O) groups excluding carboxylic acids is 1. The van der Waals surface area contributed by atoms with E-state index in [1.165, 1.54) is 19.2 Å². The monoisotopic (exact) mass is 391 g/mol. The molecule has 0 bridgehead atoms. The zero-order valence-electron chi connectivity index (χ0n) is 14.3. The van der Waals surface area contributed by atoms with Gasteiger partial charge >= 0.3 is 0 Å². The van der Waals surface area contributed by atoms with Crippen LogP contribution < -0.4 is 10.1 Å². The van der Waals surface area contributed by atoms with E-state index < -0.39 is 5.91 Å². The highest BCUT2D eigenvalue weighted by molar-refractivity contribution is 6.37. The normalized spacial score (nSPS) is 10.7. The Kier molecular flexibility index (Phi) is 5.15. The average molecular weight is 392 g/mol. The Balaban J connectivity index is 1.93. The summed E-state index contributed by atoms with van der Waals surface area (Å²) in [4.78, 5) is 12.6. The lowest BCUT2D eigenvalue weighted by Crippen LogP contribution is -2.13. The van der Waals surface area contributed by atoms with Crippen LogP contribution in [0.3, 0.4) is 0 Å². The summed E-state index contributed by atoms with van der Waals surface area (Å²) in [5.41, 5.74) is 3.57. The van der Waals surface area contributed by atoms with E-state index in [0.717, 1.165) is 16.7 Å². The smallest absolute Gasteiger partial charge is 0.257 e. The van der Waals surface area contributed by atoms with Crippen molar-refractivity contribution in [1.82, 2.24) is 10.3 Å². The van der Waals surface area contributed by atoms with Gasteiger partial charge in [0.25, 0.3) is 5.91 Å². The molecule has 0 aliphatic heterocycles. The number of hydrogen-bond donors (Lipinski definition) is 1. The molecular weight excluding hydrogens is 377 g/mol. The third-order valence-corrected chi connectivity index (χ3v) is 4.39. The number of rotatable bonds is 4. The van der Waals surface area contributed by atoms with Gasteiger partial charge in [-0.25, -0.2) is 4.63 Å². The zero-order valence-corrected chi connectivity index (χ0v) is 15.8. The maximum absolute atomic E-state index is 12.6. The number of aromatic nitrogens is 2. The standard InChI is InChI=1S/C18H15Cl2N3O3/c1-9-4-5-10(2)12(6-9)15-17(23-26-22-15)21-18(24)11-7-13(19)16(25-3)14(20)8-11/h4-8H,1-3H3,(H,21,23,24). The largest absolute Gasteiger partial charge is 0.494 e. The van der Waals surface area contributed by atoms with Crippen molar-refractivity contribution in [3.63, 3.8) is 0 Å². The molecule has 6 nitrogen and oxygen atoms in total. The van der Waals surface area contributed by atoms with Gasteiger partial charge in [-0.05, 0) is 47.9 Å². The highest BCUT2D eigenvalue weighted by atomic mass is 35.5. The first-order valence-electron chi connectivity index (χ1n) is 7.65. The highest BCUT2D eigenvalue weighted by Gasteiger charge is 2.19. The van der Waals surface area contributed by atoms with Gasteiger partial charge in [0.2, 0.25) is 5.82 Å². The maximum Gasteiger partial charge on any atom is 0.257 e. The number of aryl methyl sites for hydroxylation is 2. The van der Waals surface area contributed by atoms with Crippen molar-refractivity contribution in [2.24, 2.45) is 0 Å². The van der Waals surface area contributed by atoms with Gasteiger partial charge in [0.05, 0.1) is 17.2 Å². The lowest BCUT2D eigenvalue weighted by atomic mass is 10.0. The molecule has 0 saturated carbocycles. The number of halogens is 2. The van der Waals surface area contributed by atoms with Crippen LogP contribution in [0.2, 0.25) is 10.0 Å². The summed E-state index contributed by atoms with van der Waals surface area (Å²) in [5.74, 6) is 0.0783. The summed E-state index contributed by atoms with van der Waals surface area (Å²) in [7, 11) is 1.45. The van der Waals surface area contributed by atoms with Gasteiger partial charge < -0.3 is 10.1 Å². The van der Waals surface area contributed by atoms with Crippen LogP contribution in [-0.2, 0) is 0 Å². The number of ether oxygens (including phenoxy) is 1. The third kappa shape index (κ3) is 3.52. The van der Waals surface area contributed by atoms with Crippen molar-refractivity contribution in [2.75, 3.05) is 12.4 Å². The van der Waals surface area contributed by atoms with Gasteiger partial charge in [0.1, 0.15) is 0 Å². The molecule has 1 amide bonds. The van der Waals surface area contributed by atoms with Crippen LogP contribution in [0.15, 0.2) is 35.0 Å². The molecule has 134 valence electrons. The summed E-state index contributed by atoms with van der Waals surface area (Å²) >= 11 is 12.2. The van der Waals surface area contributed by atoms with E-state index in [0.29, 0.717) is 11.4 Å². The molecule has 8 heteroatoms. The molecule has 0 unspecified atom stereocenters. The van der Waals surface area contributed by atoms with Crippen LogP contribution in [0, 0.1) is 13.8 Å². The van der Waals surface area contributed by atoms with E-state index in [2.05, 4.69) is 15.6 Å². The van der Waals surface area contributed by atoms with E-state index in [4.69, 9.17) is 32.6 Å². The second-order valence-corrected chi connectivity index (χ2v) is 6.52. The van der Waals surface area contributed by atoms with Crippen LogP contribution in [0.5, 0.6) is 5.75 Å². The first-order valence-corrected chi connectivity index (χ1v) is 8.41. The molecule has 0 atom stereocenters. The predicted molar refractivity (Wildman–Crippen MR) is 100 cm³/mol. The number of benzene rings is 2. The lowest BCUT2D eigenvalue weighted by molar-refractivity contribution is 0.102. The van der Waals surface area contributed by atoms with Crippen LogP contribution in [-0.4, -0.2) is 23.3 Å². The van der Waals surface area contributed by atoms with Gasteiger partial charge in [0, 0.05) is 11.1 Å². The molecule has 0 saturated heterocycles. The Morgan fingerprint density at radius 3 is 2.46 bits per heavy atom. The fourth-order valence-electron chi connectivity index (χ4n) is 2.50. The molecule has 3 rings (SSSR count). The van der Waals surface area contributed by atoms with Gasteiger partial charge in [-0.15, -0.1) is 0 Å². The van der Waals surface area contributed by atoms with E-state index in [9.17, 15) is 4.79 Å². The number of methoxy groups -OCH3 is 1. The summed E-state index contributed by atoms with van der Waals surface area (Å²) in [5, 5.41) is 10.9. The molecule has 0 radical (unpaired) electrons. The number of nitrogens with zero attached hydrogens (tertiary/aromatic N) is 2. The summed E-state index contributed by atoms with van der Waals surface area (Å²) in [6.45, 7) is 3.91. The second-order valence-electron chi connectivity index (χ2n) is 5.71. The lowest BCUT2D eigenvalue weighted by Gasteiger charge is -2.09. The van der Waals surface area contributed by atoms with Crippen molar-refractivity contribution in [3.05, 3.63) is 57.1 Å². The molecule has 0 spiro atoms. The molecule has 0 aliphatic rings. The summed E-state index contributed by atoms with van der Waals surface area (Å²) < 4.78 is 9.91. The van der Waals surface area contributed by atoms with Crippen LogP contribution in [0.4, 0.5) is 5.82 Å². The van der Waals surface area contributed by atoms with Gasteiger partial charge in [-0.3, -0.25) is 4.79 Å². The Morgan fingerprint density at radius 1 is 1.12 bits per heavy atom. The van der Waals surface area contributed by atoms with Gasteiger partial charge in [-0.2, -0.15) is 0 Å². The quantitative estimate of drug-likeness (QED) is 0.682. The predicted octanol–water partition coefficient (Wildman–Crippen LogP) is 4.92. The molecule has 0 fully saturated rings. The SMILES string of the molecule is COc1c(Cl)cc(C(=O)Nc2nonc2-c2cc(C)ccc2C)cc1Cl. The first-order chi connectivity index (χ1) is 12.4. The van der Waals surface area contributed by atoms with E-state index in [1.807, 2.05) is 32.0 Å². The van der Waals surface area contributed by atoms with Crippen molar-refractivity contribution in [3.8, 4) is 17.0 Å². The van der Waals surface area contributed by atoms with Gasteiger partial charge in [0.15, 0.2) is 11.4 Å². The topological polar surface area (TPSA) is 77.2 Å². The molecule has 1 heterocycles. The number of hydrogen-bond acceptors (Lipinski definition) is 5. The Morgan fingerprint density at radius 2 is 1.81 bits per heavy atom. The molecule has 0 aliphatic carbocycles. The molecular formula is C18H15Cl2N3O3. The molecule has 1 N–H and O–H groups in total. The minimum atomic E-state index is -0.446. The molecule has 2 aromatic carbocycles. The number of amides is 1. The van der Waals surface area contributed by atoms with Crippen LogP contribution in [0.1, 0.15) is 21.5 Å². The number of anilines is 1. The zero-order chi connectivity index (χ0) is 18.8. The minimum absolute atomic E-state index is 0.215. The Bertz CT molecular complexity index is 963. The van der Waals surface area contributed by atoms with Gasteiger partial charge in [-0.1, -0.05) is 40.9 Å². The Labute approximate surface area is 160 Å². The fraction of sp³-hybridized carbons (Fsp3) is 0.167. The molecule has 1 aromatic heterocycles. The Hall–Kier alpha value is -2.57. The van der Waals surface area contributed by atoms with Crippen molar-refractivity contribution >= 4 is 34.9 Å². The second kappa shape index (κ2) is 7.35. The minimum Gasteiger partial charge on any atom is -0.494 e. The van der Waals surface area contributed by atoms with E-state index in [1.54, 1.807) is 0 Å². The molecule has 3 aromatic rings. The van der Waals surface area contributed by atoms with Crippen molar-refractivity contribution < 1.29 is 14.2 Å². The van der Waals surface area contributed by atoms with Crippen molar-refractivity contribution in [1.29, 1.82) is 0 Å². The number of nitrogens with one attached hydrogen (secondary N) is 1. The maximum atomic E-state index is 12.6. The van der Waals surface area contributed by atoms with E-state index in [-0.39, 0.29) is 21.4 Å². The molecule has 26 heavy (non-hydrogen) atoms. The van der Waals surface area contributed by atoms with Crippen LogP contribution in [0.25, 0.3) is 11.3 Å². The first kappa shape index (κ1) is 18.2. The van der Waals surface area contributed by atoms with Crippen LogP contribution >= 0.6 is 23.2 Å². The summed E-state index contributed by atoms with van der Waals surface area (Å²) in [6, 6.07) is 8.84. The fourth-order valence-corrected chi connectivity index (χ4v) is 3.15. The highest BCUT2D eigenvalue weighted by Crippen LogP contribution is 2.34.